The van der Waals surface area contributed by atoms with Gasteiger partial charge in [0.2, 0.25) is 0 Å². The van der Waals surface area contributed by atoms with E-state index in [0.29, 0.717) is 23.7 Å². The first-order valence-electron chi connectivity index (χ1n) is 13.9. The number of fused-ring (bicyclic) bond motifs is 7. The molecule has 0 bridgehead atoms. The molecule has 0 aromatic carbocycles. The summed E-state index contributed by atoms with van der Waals surface area (Å²) in [6.45, 7) is 17.0. The molecule has 2 unspecified atom stereocenters. The van der Waals surface area contributed by atoms with E-state index in [2.05, 4.69) is 54.5 Å². The summed E-state index contributed by atoms with van der Waals surface area (Å²) in [7, 11) is 0. The molecular weight excluding hydrogens is 408 g/mol. The van der Waals surface area contributed by atoms with E-state index < -0.39 is 11.4 Å². The molecule has 0 saturated heterocycles. The lowest BCUT2D eigenvalue weighted by Crippen LogP contribution is -2.65. The number of hydrogen-bond donors (Lipinski definition) is 2. The van der Waals surface area contributed by atoms with E-state index >= 15 is 0 Å². The van der Waals surface area contributed by atoms with Crippen LogP contribution in [-0.2, 0) is 4.79 Å². The highest BCUT2D eigenvalue weighted by atomic mass is 16.4. The van der Waals surface area contributed by atoms with Gasteiger partial charge in [0.1, 0.15) is 0 Å². The van der Waals surface area contributed by atoms with Gasteiger partial charge in [-0.3, -0.25) is 4.79 Å². The smallest absolute Gasteiger partial charge is 0.310 e. The van der Waals surface area contributed by atoms with Crippen molar-refractivity contribution in [1.29, 1.82) is 0 Å². The number of carbonyl (C=O) groups is 1. The molecule has 5 rings (SSSR count). The molecule has 186 valence electrons. The first-order valence-corrected chi connectivity index (χ1v) is 13.9. The van der Waals surface area contributed by atoms with Crippen LogP contribution in [0, 0.1) is 56.7 Å². The molecule has 5 aliphatic rings. The van der Waals surface area contributed by atoms with Gasteiger partial charge in [0.05, 0.1) is 11.5 Å². The van der Waals surface area contributed by atoms with Gasteiger partial charge in [0.25, 0.3) is 0 Å². The predicted octanol–water partition coefficient (Wildman–Crippen LogP) is 7.09. The molecule has 0 radical (unpaired) electrons. The van der Waals surface area contributed by atoms with Crippen LogP contribution in [0.2, 0.25) is 0 Å². The minimum absolute atomic E-state index is 0.0302. The second-order valence-corrected chi connectivity index (χ2v) is 14.5. The minimum atomic E-state index is -0.557. The highest BCUT2D eigenvalue weighted by Crippen LogP contribution is 2.75. The molecule has 2 N–H and O–H groups in total. The average Bonchev–Trinajstić information content (AvgIpc) is 2.74. The van der Waals surface area contributed by atoms with Crippen LogP contribution < -0.4 is 0 Å². The molecule has 0 aromatic rings. The summed E-state index contributed by atoms with van der Waals surface area (Å²) in [5.41, 5.74) is 1.46. The fourth-order valence-corrected chi connectivity index (χ4v) is 10.8. The molecule has 0 heterocycles. The van der Waals surface area contributed by atoms with Gasteiger partial charge in [-0.05, 0) is 109 Å². The number of aliphatic carboxylic acids is 1. The normalized spacial score (nSPS) is 55.3. The van der Waals surface area contributed by atoms with Crippen LogP contribution in [0.1, 0.15) is 106 Å². The van der Waals surface area contributed by atoms with Crippen molar-refractivity contribution in [2.75, 3.05) is 0 Å². The van der Waals surface area contributed by atoms with E-state index in [1.807, 2.05) is 0 Å². The van der Waals surface area contributed by atoms with Crippen LogP contribution in [0.15, 0.2) is 11.6 Å². The third-order valence-electron chi connectivity index (χ3n) is 13.4. The largest absolute Gasteiger partial charge is 0.481 e. The van der Waals surface area contributed by atoms with Gasteiger partial charge in [-0.15, -0.1) is 0 Å². The van der Waals surface area contributed by atoms with Crippen LogP contribution in [0.25, 0.3) is 0 Å². The van der Waals surface area contributed by atoms with Crippen molar-refractivity contribution < 1.29 is 15.0 Å². The standard InChI is InChI=1S/C30H48O3/c1-18-10-15-30(25(32)33)17-16-28(6)20(24(30)19(18)2)8-9-22-27(5)13-12-23(31)26(3,4)21(27)11-14-29(22,28)7/h8,18-19,21-24,31H,9-17H2,1-7H3,(H,32,33)/t18-,19+,21+,22-,23+,24?,27+,28-,29-,30?/m1/s1. The van der Waals surface area contributed by atoms with Crippen LogP contribution >= 0.6 is 0 Å². The number of carboxylic acid groups (broad SMARTS) is 1. The molecule has 3 heteroatoms. The van der Waals surface area contributed by atoms with Gasteiger partial charge < -0.3 is 10.2 Å². The van der Waals surface area contributed by atoms with Crippen molar-refractivity contribution in [3.05, 3.63) is 11.6 Å². The van der Waals surface area contributed by atoms with Crippen molar-refractivity contribution >= 4 is 5.97 Å². The third kappa shape index (κ3) is 2.75. The van der Waals surface area contributed by atoms with Crippen molar-refractivity contribution in [2.24, 2.45) is 56.7 Å². The van der Waals surface area contributed by atoms with Crippen LogP contribution in [0.3, 0.4) is 0 Å². The summed E-state index contributed by atoms with van der Waals surface area (Å²) in [5.74, 6) is 1.82. The Morgan fingerprint density at radius 3 is 2.27 bits per heavy atom. The number of aliphatic hydroxyl groups is 1. The summed E-state index contributed by atoms with van der Waals surface area (Å²) in [6, 6.07) is 0. The van der Waals surface area contributed by atoms with Crippen LogP contribution in [-0.4, -0.2) is 22.3 Å². The molecule has 0 amide bonds. The highest BCUT2D eigenvalue weighted by Gasteiger charge is 2.69. The molecule has 10 atom stereocenters. The summed E-state index contributed by atoms with van der Waals surface area (Å²) >= 11 is 0. The van der Waals surface area contributed by atoms with E-state index in [4.69, 9.17) is 0 Å². The van der Waals surface area contributed by atoms with E-state index in [1.54, 1.807) is 0 Å². The van der Waals surface area contributed by atoms with Crippen molar-refractivity contribution in [3.63, 3.8) is 0 Å². The third-order valence-corrected chi connectivity index (χ3v) is 13.4. The molecular formula is C30H48O3. The Bertz CT molecular complexity index is 874. The summed E-state index contributed by atoms with van der Waals surface area (Å²) < 4.78 is 0. The summed E-state index contributed by atoms with van der Waals surface area (Å²) in [6.07, 6.45) is 11.6. The Balaban J connectivity index is 1.61. The molecule has 0 aromatic heterocycles. The Morgan fingerprint density at radius 2 is 1.61 bits per heavy atom. The maximum absolute atomic E-state index is 12.8. The summed E-state index contributed by atoms with van der Waals surface area (Å²) in [4.78, 5) is 12.8. The maximum atomic E-state index is 12.8. The molecule has 4 fully saturated rings. The minimum Gasteiger partial charge on any atom is -0.481 e. The maximum Gasteiger partial charge on any atom is 0.310 e. The van der Waals surface area contributed by atoms with Gasteiger partial charge in [0, 0.05) is 0 Å². The number of rotatable bonds is 1. The monoisotopic (exact) mass is 456 g/mol. The van der Waals surface area contributed by atoms with Gasteiger partial charge in [-0.1, -0.05) is 60.1 Å². The van der Waals surface area contributed by atoms with E-state index in [0.717, 1.165) is 44.9 Å². The van der Waals surface area contributed by atoms with Gasteiger partial charge >= 0.3 is 5.97 Å². The molecule has 0 aliphatic heterocycles. The van der Waals surface area contributed by atoms with E-state index in [-0.39, 0.29) is 33.7 Å². The second-order valence-electron chi connectivity index (χ2n) is 14.5. The number of hydrogen-bond acceptors (Lipinski definition) is 2. The van der Waals surface area contributed by atoms with Crippen LogP contribution in [0.4, 0.5) is 0 Å². The lowest BCUT2D eigenvalue weighted by molar-refractivity contribution is -0.206. The van der Waals surface area contributed by atoms with E-state index in [1.165, 1.54) is 18.4 Å². The molecule has 33 heavy (non-hydrogen) atoms. The Morgan fingerprint density at radius 1 is 0.909 bits per heavy atom. The fraction of sp³-hybridized carbons (Fsp3) is 0.900. The molecule has 4 saturated carbocycles. The Labute approximate surface area is 201 Å². The SMILES string of the molecule is C[C@@H]1CCC2(C(=O)O)CC[C@]3(C)C(=CC[C@@H]4[C@@]5(C)CC[C@H](O)C(C)(C)[C@@H]5CC[C@]43C)C2[C@H]1C. The predicted molar refractivity (Wildman–Crippen MR) is 133 cm³/mol. The van der Waals surface area contributed by atoms with Gasteiger partial charge in [-0.25, -0.2) is 0 Å². The summed E-state index contributed by atoms with van der Waals surface area (Å²) in [5, 5.41) is 21.4. The number of aliphatic hydroxyl groups excluding tert-OH is 1. The zero-order chi connectivity index (χ0) is 24.2. The number of allylic oxidation sites excluding steroid dienone is 2. The average molecular weight is 457 g/mol. The zero-order valence-electron chi connectivity index (χ0n) is 22.2. The molecule has 5 aliphatic carbocycles. The van der Waals surface area contributed by atoms with Crippen LogP contribution in [0.5, 0.6) is 0 Å². The Hall–Kier alpha value is -0.830. The van der Waals surface area contributed by atoms with Crippen molar-refractivity contribution in [2.45, 2.75) is 112 Å². The molecule has 3 nitrogen and oxygen atoms in total. The molecule has 0 spiro atoms. The van der Waals surface area contributed by atoms with Crippen molar-refractivity contribution in [3.8, 4) is 0 Å². The highest BCUT2D eigenvalue weighted by molar-refractivity contribution is 5.76. The van der Waals surface area contributed by atoms with Gasteiger partial charge in [-0.2, -0.15) is 0 Å². The van der Waals surface area contributed by atoms with Gasteiger partial charge in [0.15, 0.2) is 0 Å². The fourth-order valence-electron chi connectivity index (χ4n) is 10.8. The quantitative estimate of drug-likeness (QED) is 0.414. The first-order chi connectivity index (χ1) is 15.3. The topological polar surface area (TPSA) is 57.5 Å². The zero-order valence-corrected chi connectivity index (χ0v) is 22.2. The van der Waals surface area contributed by atoms with E-state index in [9.17, 15) is 15.0 Å². The second kappa shape index (κ2) is 7.11. The van der Waals surface area contributed by atoms with Crippen molar-refractivity contribution in [1.82, 2.24) is 0 Å². The number of carboxylic acids is 1. The Kier molecular flexibility index (Phi) is 5.15. The lowest BCUT2D eigenvalue weighted by Gasteiger charge is -2.71. The lowest BCUT2D eigenvalue weighted by atomic mass is 9.33. The first kappa shape index (κ1) is 23.9.